The van der Waals surface area contributed by atoms with Gasteiger partial charge >= 0.3 is 0 Å². The van der Waals surface area contributed by atoms with E-state index in [1.54, 1.807) is 44.4 Å². The van der Waals surface area contributed by atoms with Crippen molar-refractivity contribution in [3.8, 4) is 11.5 Å². The first kappa shape index (κ1) is 16.1. The number of carbonyl (C=O) groups excluding carboxylic acids is 1. The highest BCUT2D eigenvalue weighted by molar-refractivity contribution is 6.48. The van der Waals surface area contributed by atoms with Gasteiger partial charge in [0.05, 0.1) is 15.1 Å². The number of carbonyl (C=O) groups is 1. The molecule has 0 spiro atoms. The zero-order valence-electron chi connectivity index (χ0n) is 12.2. The smallest absolute Gasteiger partial charge is 0.253 e. The average molecular weight is 370 g/mol. The zero-order valence-corrected chi connectivity index (χ0v) is 14.5. The Balaban J connectivity index is 2.08. The fourth-order valence-electron chi connectivity index (χ4n) is 2.12. The summed E-state index contributed by atoms with van der Waals surface area (Å²) in [6, 6.07) is 8.35. The van der Waals surface area contributed by atoms with E-state index < -0.39 is 0 Å². The minimum absolute atomic E-state index is 0.103. The standard InChI is InChI=1S/C16H11Cl3N2O2/c1-21(2)16(22)8-3-4-13-12(7-8)20-15(23-13)9-5-10(17)14(19)11(18)6-9/h3-7H,1-2H3. The largest absolute Gasteiger partial charge is 0.436 e. The van der Waals surface area contributed by atoms with Crippen molar-refractivity contribution in [1.82, 2.24) is 9.88 Å². The van der Waals surface area contributed by atoms with Crippen LogP contribution in [0.3, 0.4) is 0 Å². The van der Waals surface area contributed by atoms with Gasteiger partial charge in [-0.25, -0.2) is 4.98 Å². The summed E-state index contributed by atoms with van der Waals surface area (Å²) in [5, 5.41) is 0.923. The molecule has 0 aliphatic rings. The van der Waals surface area contributed by atoms with Crippen LogP contribution in [0.4, 0.5) is 0 Å². The molecule has 3 aromatic rings. The highest BCUT2D eigenvalue weighted by Crippen LogP contribution is 2.35. The van der Waals surface area contributed by atoms with Gasteiger partial charge in [0.25, 0.3) is 5.91 Å². The lowest BCUT2D eigenvalue weighted by molar-refractivity contribution is 0.0828. The third kappa shape index (κ3) is 3.02. The SMILES string of the molecule is CN(C)C(=O)c1ccc2oc(-c3cc(Cl)c(Cl)c(Cl)c3)nc2c1. The van der Waals surface area contributed by atoms with E-state index in [-0.39, 0.29) is 10.9 Å². The molecule has 1 heterocycles. The van der Waals surface area contributed by atoms with Gasteiger partial charge in [-0.3, -0.25) is 4.79 Å². The highest BCUT2D eigenvalue weighted by Gasteiger charge is 2.15. The Morgan fingerprint density at radius 1 is 1.09 bits per heavy atom. The minimum Gasteiger partial charge on any atom is -0.436 e. The van der Waals surface area contributed by atoms with E-state index in [1.165, 1.54) is 4.90 Å². The molecule has 0 unspecified atom stereocenters. The summed E-state index contributed by atoms with van der Waals surface area (Å²) < 4.78 is 5.70. The Labute approximate surface area is 147 Å². The van der Waals surface area contributed by atoms with Gasteiger partial charge in [0.15, 0.2) is 5.58 Å². The molecule has 118 valence electrons. The lowest BCUT2D eigenvalue weighted by Gasteiger charge is -2.09. The minimum atomic E-state index is -0.103. The summed E-state index contributed by atoms with van der Waals surface area (Å²) in [6.45, 7) is 0. The van der Waals surface area contributed by atoms with Crippen molar-refractivity contribution in [2.75, 3.05) is 14.1 Å². The number of amides is 1. The van der Waals surface area contributed by atoms with Crippen LogP contribution in [0.5, 0.6) is 0 Å². The molecule has 0 aliphatic carbocycles. The molecule has 2 aromatic carbocycles. The zero-order chi connectivity index (χ0) is 16.7. The number of nitrogens with zero attached hydrogens (tertiary/aromatic N) is 2. The van der Waals surface area contributed by atoms with Gasteiger partial charge in [-0.2, -0.15) is 0 Å². The molecule has 0 bridgehead atoms. The second-order valence-electron chi connectivity index (χ2n) is 5.15. The second kappa shape index (κ2) is 6.04. The van der Waals surface area contributed by atoms with Crippen LogP contribution in [0, 0.1) is 0 Å². The summed E-state index contributed by atoms with van der Waals surface area (Å²) in [7, 11) is 3.39. The van der Waals surface area contributed by atoms with Crippen molar-refractivity contribution < 1.29 is 9.21 Å². The molecule has 23 heavy (non-hydrogen) atoms. The first-order chi connectivity index (χ1) is 10.9. The van der Waals surface area contributed by atoms with Gasteiger partial charge in [-0.1, -0.05) is 34.8 Å². The van der Waals surface area contributed by atoms with E-state index >= 15 is 0 Å². The molecule has 3 rings (SSSR count). The molecule has 0 radical (unpaired) electrons. The number of halogens is 3. The van der Waals surface area contributed by atoms with E-state index in [4.69, 9.17) is 39.2 Å². The number of fused-ring (bicyclic) bond motifs is 1. The van der Waals surface area contributed by atoms with Crippen LogP contribution < -0.4 is 0 Å². The summed E-state index contributed by atoms with van der Waals surface area (Å²) >= 11 is 18.0. The maximum atomic E-state index is 12.0. The predicted octanol–water partition coefficient (Wildman–Crippen LogP) is 5.16. The molecule has 0 atom stereocenters. The van der Waals surface area contributed by atoms with Crippen molar-refractivity contribution in [3.63, 3.8) is 0 Å². The Hall–Kier alpha value is -1.75. The van der Waals surface area contributed by atoms with Gasteiger partial charge in [0, 0.05) is 25.2 Å². The molecule has 1 amide bonds. The van der Waals surface area contributed by atoms with E-state index in [9.17, 15) is 4.79 Å². The monoisotopic (exact) mass is 368 g/mol. The molecule has 4 nitrogen and oxygen atoms in total. The summed E-state index contributed by atoms with van der Waals surface area (Å²) in [6.07, 6.45) is 0. The number of oxazole rings is 1. The highest BCUT2D eigenvalue weighted by atomic mass is 35.5. The molecule has 0 fully saturated rings. The lowest BCUT2D eigenvalue weighted by Crippen LogP contribution is -2.21. The maximum Gasteiger partial charge on any atom is 0.253 e. The van der Waals surface area contributed by atoms with Gasteiger partial charge < -0.3 is 9.32 Å². The van der Waals surface area contributed by atoms with Crippen molar-refractivity contribution in [1.29, 1.82) is 0 Å². The summed E-state index contributed by atoms with van der Waals surface area (Å²) in [5.74, 6) is 0.254. The van der Waals surface area contributed by atoms with Crippen LogP contribution in [0.15, 0.2) is 34.7 Å². The van der Waals surface area contributed by atoms with Gasteiger partial charge in [-0.15, -0.1) is 0 Å². The number of hydrogen-bond donors (Lipinski definition) is 0. The van der Waals surface area contributed by atoms with Crippen molar-refractivity contribution in [2.24, 2.45) is 0 Å². The number of hydrogen-bond acceptors (Lipinski definition) is 3. The average Bonchev–Trinajstić information content (AvgIpc) is 2.94. The molecule has 0 saturated carbocycles. The van der Waals surface area contributed by atoms with E-state index in [2.05, 4.69) is 4.98 Å². The molecule has 0 aliphatic heterocycles. The van der Waals surface area contributed by atoms with Gasteiger partial charge in [0.1, 0.15) is 5.52 Å². The molecule has 0 saturated heterocycles. The second-order valence-corrected chi connectivity index (χ2v) is 6.35. The van der Waals surface area contributed by atoms with Crippen LogP contribution in [-0.2, 0) is 0 Å². The van der Waals surface area contributed by atoms with Gasteiger partial charge in [0.2, 0.25) is 5.89 Å². The molecule has 1 aromatic heterocycles. The van der Waals surface area contributed by atoms with Crippen LogP contribution in [0.25, 0.3) is 22.6 Å². The summed E-state index contributed by atoms with van der Waals surface area (Å²) in [5.41, 5.74) is 2.29. The van der Waals surface area contributed by atoms with E-state index in [0.717, 1.165) is 0 Å². The molecule has 0 N–H and O–H groups in total. The molecule has 7 heteroatoms. The Kier molecular flexibility index (Phi) is 4.23. The number of rotatable bonds is 2. The van der Waals surface area contributed by atoms with Crippen LogP contribution >= 0.6 is 34.8 Å². The quantitative estimate of drug-likeness (QED) is 0.586. The first-order valence-electron chi connectivity index (χ1n) is 6.64. The fourth-order valence-corrected chi connectivity index (χ4v) is 2.72. The van der Waals surface area contributed by atoms with Crippen molar-refractivity contribution in [3.05, 3.63) is 51.0 Å². The fraction of sp³-hybridized carbons (Fsp3) is 0.125. The summed E-state index contributed by atoms with van der Waals surface area (Å²) in [4.78, 5) is 17.9. The molecular formula is C16H11Cl3N2O2. The lowest BCUT2D eigenvalue weighted by atomic mass is 10.2. The first-order valence-corrected chi connectivity index (χ1v) is 7.77. The Morgan fingerprint density at radius 3 is 2.35 bits per heavy atom. The number of aromatic nitrogens is 1. The maximum absolute atomic E-state index is 12.0. The normalized spacial score (nSPS) is 11.0. The van der Waals surface area contributed by atoms with Crippen LogP contribution in [-0.4, -0.2) is 29.9 Å². The number of benzene rings is 2. The van der Waals surface area contributed by atoms with Gasteiger partial charge in [-0.05, 0) is 30.3 Å². The topological polar surface area (TPSA) is 46.3 Å². The van der Waals surface area contributed by atoms with Crippen molar-refractivity contribution in [2.45, 2.75) is 0 Å². The van der Waals surface area contributed by atoms with Crippen LogP contribution in [0.2, 0.25) is 15.1 Å². The third-order valence-electron chi connectivity index (χ3n) is 3.27. The van der Waals surface area contributed by atoms with E-state index in [0.29, 0.717) is 38.2 Å². The Morgan fingerprint density at radius 2 is 1.74 bits per heavy atom. The van der Waals surface area contributed by atoms with Crippen molar-refractivity contribution >= 4 is 51.8 Å². The van der Waals surface area contributed by atoms with E-state index in [1.807, 2.05) is 0 Å². The van der Waals surface area contributed by atoms with Crippen LogP contribution in [0.1, 0.15) is 10.4 Å². The predicted molar refractivity (Wildman–Crippen MR) is 92.5 cm³/mol. The molecular weight excluding hydrogens is 359 g/mol. The third-order valence-corrected chi connectivity index (χ3v) is 4.47. The Bertz CT molecular complexity index is 896.